The molecule has 17 heavy (non-hydrogen) atoms. The van der Waals surface area contributed by atoms with Crippen molar-refractivity contribution in [1.29, 1.82) is 0 Å². The molecule has 0 aromatic carbocycles. The highest BCUT2D eigenvalue weighted by atomic mass is 16.3. The fraction of sp³-hybridized carbons (Fsp3) is 0.385. The Kier molecular flexibility index (Phi) is 3.42. The van der Waals surface area contributed by atoms with Crippen molar-refractivity contribution >= 4 is 5.78 Å². The zero-order valence-corrected chi connectivity index (χ0v) is 10.1. The van der Waals surface area contributed by atoms with E-state index in [4.69, 9.17) is 4.42 Å². The van der Waals surface area contributed by atoms with Crippen molar-refractivity contribution in [3.05, 3.63) is 41.6 Å². The Morgan fingerprint density at radius 3 is 2.94 bits per heavy atom. The number of hydrogen-bond acceptors (Lipinski definition) is 3. The molecule has 0 fully saturated rings. The van der Waals surface area contributed by atoms with Gasteiger partial charge in [-0.1, -0.05) is 6.92 Å². The van der Waals surface area contributed by atoms with Crippen molar-refractivity contribution in [2.24, 2.45) is 7.05 Å². The van der Waals surface area contributed by atoms with Gasteiger partial charge in [0.15, 0.2) is 5.78 Å². The van der Waals surface area contributed by atoms with Crippen LogP contribution in [0.2, 0.25) is 0 Å². The summed E-state index contributed by atoms with van der Waals surface area (Å²) in [5.74, 6) is 0.914. The van der Waals surface area contributed by atoms with Crippen molar-refractivity contribution in [2.75, 3.05) is 0 Å². The van der Waals surface area contributed by atoms with Gasteiger partial charge in [0.05, 0.1) is 11.8 Å². The van der Waals surface area contributed by atoms with Crippen molar-refractivity contribution < 1.29 is 9.21 Å². The topological polar surface area (TPSA) is 48.0 Å². The van der Waals surface area contributed by atoms with Crippen LogP contribution >= 0.6 is 0 Å². The normalized spacial score (nSPS) is 10.7. The summed E-state index contributed by atoms with van der Waals surface area (Å²) < 4.78 is 7.05. The number of hydrogen-bond donors (Lipinski definition) is 0. The first-order valence-corrected chi connectivity index (χ1v) is 5.78. The molecule has 0 saturated heterocycles. The molecule has 4 nitrogen and oxygen atoms in total. The average molecular weight is 232 g/mol. The zero-order valence-electron chi connectivity index (χ0n) is 10.1. The van der Waals surface area contributed by atoms with E-state index in [1.807, 2.05) is 20.0 Å². The highest BCUT2D eigenvalue weighted by Gasteiger charge is 2.13. The van der Waals surface area contributed by atoms with Crippen molar-refractivity contribution in [3.8, 4) is 0 Å². The number of carbonyl (C=O) groups is 1. The molecule has 0 radical (unpaired) electrons. The Bertz CT molecular complexity index is 511. The van der Waals surface area contributed by atoms with Gasteiger partial charge in [-0.15, -0.1) is 0 Å². The minimum Gasteiger partial charge on any atom is -0.469 e. The number of furan rings is 1. The maximum Gasteiger partial charge on any atom is 0.166 e. The van der Waals surface area contributed by atoms with Crippen LogP contribution in [-0.4, -0.2) is 15.6 Å². The molecule has 90 valence electrons. The summed E-state index contributed by atoms with van der Waals surface area (Å²) in [7, 11) is 1.88. The second-order valence-electron chi connectivity index (χ2n) is 3.98. The number of aryl methyl sites for hydroxylation is 3. The third-order valence-corrected chi connectivity index (χ3v) is 2.90. The zero-order chi connectivity index (χ0) is 12.3. The first-order valence-electron chi connectivity index (χ1n) is 5.78. The molecule has 0 amide bonds. The molecule has 0 unspecified atom stereocenters. The standard InChI is InChI=1S/C13H16N2O2/c1-3-13-11(7-9-17-13)12(16)5-4-10-6-8-14-15(10)2/h6-9H,3-5H2,1-2H3. The molecule has 2 aromatic rings. The van der Waals surface area contributed by atoms with Crippen LogP contribution in [-0.2, 0) is 19.9 Å². The number of carbonyl (C=O) groups excluding carboxylic acids is 1. The summed E-state index contributed by atoms with van der Waals surface area (Å²) in [5, 5.41) is 4.08. The molecule has 0 saturated carbocycles. The van der Waals surface area contributed by atoms with Gasteiger partial charge in [0.2, 0.25) is 0 Å². The summed E-state index contributed by atoms with van der Waals surface area (Å²) in [4.78, 5) is 12.0. The third-order valence-electron chi connectivity index (χ3n) is 2.90. The van der Waals surface area contributed by atoms with Gasteiger partial charge in [-0.2, -0.15) is 5.10 Å². The van der Waals surface area contributed by atoms with E-state index in [2.05, 4.69) is 5.10 Å². The third kappa shape index (κ3) is 2.46. The number of aromatic nitrogens is 2. The maximum absolute atomic E-state index is 12.0. The van der Waals surface area contributed by atoms with E-state index in [-0.39, 0.29) is 5.78 Å². The second-order valence-corrected chi connectivity index (χ2v) is 3.98. The molecule has 2 heterocycles. The van der Waals surface area contributed by atoms with Crippen LogP contribution in [0.4, 0.5) is 0 Å². The van der Waals surface area contributed by atoms with E-state index >= 15 is 0 Å². The van der Waals surface area contributed by atoms with Crippen molar-refractivity contribution in [1.82, 2.24) is 9.78 Å². The molecule has 0 atom stereocenters. The first kappa shape index (κ1) is 11.6. The van der Waals surface area contributed by atoms with E-state index in [1.54, 1.807) is 23.2 Å². The Morgan fingerprint density at radius 1 is 1.47 bits per heavy atom. The molecule has 0 N–H and O–H groups in total. The van der Waals surface area contributed by atoms with Crippen LogP contribution in [0.15, 0.2) is 29.0 Å². The molecule has 2 rings (SSSR count). The molecule has 0 spiro atoms. The van der Waals surface area contributed by atoms with E-state index in [0.29, 0.717) is 12.8 Å². The van der Waals surface area contributed by atoms with E-state index in [9.17, 15) is 4.79 Å². The summed E-state index contributed by atoms with van der Waals surface area (Å²) >= 11 is 0. The van der Waals surface area contributed by atoms with E-state index in [1.165, 1.54) is 0 Å². The lowest BCUT2D eigenvalue weighted by Gasteiger charge is -2.02. The van der Waals surface area contributed by atoms with Crippen LogP contribution in [0.1, 0.15) is 35.2 Å². The Balaban J connectivity index is 2.01. The van der Waals surface area contributed by atoms with Gasteiger partial charge in [0.25, 0.3) is 0 Å². The Morgan fingerprint density at radius 2 is 2.29 bits per heavy atom. The van der Waals surface area contributed by atoms with Gasteiger partial charge in [-0.25, -0.2) is 0 Å². The maximum atomic E-state index is 12.0. The number of ketones is 1. The highest BCUT2D eigenvalue weighted by molar-refractivity contribution is 5.97. The lowest BCUT2D eigenvalue weighted by Crippen LogP contribution is -2.05. The molecule has 0 aliphatic heterocycles. The second kappa shape index (κ2) is 4.99. The number of Topliss-reactive ketones (excluding diaryl/α,β-unsaturated/α-hetero) is 1. The summed E-state index contributed by atoms with van der Waals surface area (Å²) in [6.07, 6.45) is 5.28. The van der Waals surface area contributed by atoms with Gasteiger partial charge >= 0.3 is 0 Å². The van der Waals surface area contributed by atoms with Gasteiger partial charge < -0.3 is 4.42 Å². The molecular weight excluding hydrogens is 216 g/mol. The predicted octanol–water partition coefficient (Wildman–Crippen LogP) is 2.39. The minimum atomic E-state index is 0.136. The number of nitrogens with zero attached hydrogens (tertiary/aromatic N) is 2. The SMILES string of the molecule is CCc1occc1C(=O)CCc1ccnn1C. The summed E-state index contributed by atoms with van der Waals surface area (Å²) in [5.41, 5.74) is 1.79. The predicted molar refractivity (Wildman–Crippen MR) is 63.9 cm³/mol. The average Bonchev–Trinajstić information content (AvgIpc) is 2.94. The van der Waals surface area contributed by atoms with Gasteiger partial charge in [-0.05, 0) is 18.6 Å². The molecule has 2 aromatic heterocycles. The van der Waals surface area contributed by atoms with Crippen molar-refractivity contribution in [3.63, 3.8) is 0 Å². The van der Waals surface area contributed by atoms with E-state index < -0.39 is 0 Å². The minimum absolute atomic E-state index is 0.136. The van der Waals surface area contributed by atoms with Crippen LogP contribution in [0.3, 0.4) is 0 Å². The van der Waals surface area contributed by atoms with Crippen LogP contribution in [0.5, 0.6) is 0 Å². The van der Waals surface area contributed by atoms with Crippen LogP contribution in [0.25, 0.3) is 0 Å². The Labute approximate surface area is 100 Å². The quantitative estimate of drug-likeness (QED) is 0.744. The molecular formula is C13H16N2O2. The fourth-order valence-corrected chi connectivity index (χ4v) is 1.89. The first-order chi connectivity index (χ1) is 8.22. The summed E-state index contributed by atoms with van der Waals surface area (Å²) in [6, 6.07) is 3.69. The van der Waals surface area contributed by atoms with Crippen molar-refractivity contribution in [2.45, 2.75) is 26.2 Å². The van der Waals surface area contributed by atoms with Crippen LogP contribution < -0.4 is 0 Å². The molecule has 4 heteroatoms. The summed E-state index contributed by atoms with van der Waals surface area (Å²) in [6.45, 7) is 1.98. The monoisotopic (exact) mass is 232 g/mol. The highest BCUT2D eigenvalue weighted by Crippen LogP contribution is 2.14. The Hall–Kier alpha value is -1.84. The van der Waals surface area contributed by atoms with Gasteiger partial charge in [0, 0.05) is 31.8 Å². The smallest absolute Gasteiger partial charge is 0.166 e. The van der Waals surface area contributed by atoms with E-state index in [0.717, 1.165) is 23.4 Å². The molecule has 0 aliphatic rings. The largest absolute Gasteiger partial charge is 0.469 e. The molecule has 0 bridgehead atoms. The lowest BCUT2D eigenvalue weighted by atomic mass is 10.1. The number of rotatable bonds is 5. The van der Waals surface area contributed by atoms with Crippen LogP contribution in [0, 0.1) is 0 Å². The molecule has 0 aliphatic carbocycles. The lowest BCUT2D eigenvalue weighted by molar-refractivity contribution is 0.0980. The van der Waals surface area contributed by atoms with Gasteiger partial charge in [0.1, 0.15) is 5.76 Å². The van der Waals surface area contributed by atoms with Gasteiger partial charge in [-0.3, -0.25) is 9.48 Å². The fourth-order valence-electron chi connectivity index (χ4n) is 1.89.